The summed E-state index contributed by atoms with van der Waals surface area (Å²) in [7, 11) is 1.62. The molecule has 3 rings (SSSR count). The molecule has 2 heterocycles. The van der Waals surface area contributed by atoms with Gasteiger partial charge in [0.05, 0.1) is 20.0 Å². The minimum atomic E-state index is -0.606. The van der Waals surface area contributed by atoms with Crippen LogP contribution in [0.1, 0.15) is 46.2 Å². The number of rotatable bonds is 6. The highest BCUT2D eigenvalue weighted by molar-refractivity contribution is 7.14. The number of carbonyl (C=O) groups is 1. The molecule has 0 unspecified atom stereocenters. The molecule has 0 saturated carbocycles. The molecule has 0 aliphatic rings. The minimum Gasteiger partial charge on any atom is -0.497 e. The summed E-state index contributed by atoms with van der Waals surface area (Å²) in [4.78, 5) is 23.6. The lowest BCUT2D eigenvalue weighted by molar-refractivity contribution is 0.0577. The van der Waals surface area contributed by atoms with Crippen molar-refractivity contribution in [2.75, 3.05) is 12.0 Å². The van der Waals surface area contributed by atoms with Crippen LogP contribution in [0.2, 0.25) is 0 Å². The molecule has 0 fully saturated rings. The second-order valence-electron chi connectivity index (χ2n) is 8.23. The summed E-state index contributed by atoms with van der Waals surface area (Å²) in [5, 5.41) is 2.47. The van der Waals surface area contributed by atoms with Gasteiger partial charge in [-0.2, -0.15) is 0 Å². The van der Waals surface area contributed by atoms with Gasteiger partial charge in [0.15, 0.2) is 5.13 Å². The normalized spacial score (nSPS) is 11.6. The van der Waals surface area contributed by atoms with Gasteiger partial charge < -0.3 is 14.0 Å². The van der Waals surface area contributed by atoms with Gasteiger partial charge in [0, 0.05) is 17.6 Å². The first kappa shape index (κ1) is 21.8. The van der Waals surface area contributed by atoms with Gasteiger partial charge in [-0.15, -0.1) is 11.3 Å². The number of aromatic nitrogens is 3. The lowest BCUT2D eigenvalue weighted by atomic mass is 10.2. The fraction of sp³-hybridized carbons (Fsp3) is 0.409. The van der Waals surface area contributed by atoms with Crippen molar-refractivity contribution in [2.24, 2.45) is 0 Å². The molecule has 7 nitrogen and oxygen atoms in total. The molecule has 0 atom stereocenters. The Morgan fingerprint density at radius 2 is 1.90 bits per heavy atom. The Bertz CT molecular complexity index is 986. The van der Waals surface area contributed by atoms with Gasteiger partial charge in [-0.3, -0.25) is 0 Å². The first-order valence-corrected chi connectivity index (χ1v) is 10.7. The molecule has 1 amide bonds. The summed E-state index contributed by atoms with van der Waals surface area (Å²) in [5.74, 6) is 0.764. The average Bonchev–Trinajstić information content (AvgIpc) is 3.34. The summed E-state index contributed by atoms with van der Waals surface area (Å²) in [6.07, 6.45) is 3.32. The molecular formula is C22H28N4O3S. The summed E-state index contributed by atoms with van der Waals surface area (Å²) in [6, 6.07) is 7.91. The molecule has 0 saturated heterocycles. The topological polar surface area (TPSA) is 69.5 Å². The number of thiazole rings is 1. The fourth-order valence-corrected chi connectivity index (χ4v) is 3.51. The van der Waals surface area contributed by atoms with Crippen LogP contribution in [-0.4, -0.2) is 33.3 Å². The van der Waals surface area contributed by atoms with Crippen molar-refractivity contribution in [3.8, 4) is 17.1 Å². The Morgan fingerprint density at radius 1 is 1.20 bits per heavy atom. The van der Waals surface area contributed by atoms with E-state index in [-0.39, 0.29) is 0 Å². The van der Waals surface area contributed by atoms with Crippen molar-refractivity contribution in [3.63, 3.8) is 0 Å². The van der Waals surface area contributed by atoms with Crippen molar-refractivity contribution in [1.82, 2.24) is 14.5 Å². The van der Waals surface area contributed by atoms with Crippen LogP contribution in [0.5, 0.6) is 5.75 Å². The number of ether oxygens (including phenoxy) is 2. The predicted octanol–water partition coefficient (Wildman–Crippen LogP) is 5.54. The van der Waals surface area contributed by atoms with Crippen LogP contribution in [0.3, 0.4) is 0 Å². The quantitative estimate of drug-likeness (QED) is 0.516. The summed E-state index contributed by atoms with van der Waals surface area (Å²) in [6.45, 7) is 10.1. The van der Waals surface area contributed by atoms with Gasteiger partial charge >= 0.3 is 6.09 Å². The number of hydrogen-bond donors (Lipinski definition) is 0. The maximum atomic E-state index is 13.0. The van der Waals surface area contributed by atoms with Crippen molar-refractivity contribution in [1.29, 1.82) is 0 Å². The SMILES string of the molecule is COc1ccc(CN(C(=O)OC(C)(C)C)c2nc(-c3cn(C(C)C)cn3)cs2)cc1. The maximum absolute atomic E-state index is 13.0. The smallest absolute Gasteiger partial charge is 0.416 e. The van der Waals surface area contributed by atoms with Gasteiger partial charge in [0.2, 0.25) is 0 Å². The second kappa shape index (κ2) is 8.87. The van der Waals surface area contributed by atoms with Crippen LogP contribution < -0.4 is 9.64 Å². The molecule has 0 bridgehead atoms. The van der Waals surface area contributed by atoms with E-state index in [9.17, 15) is 4.79 Å². The molecule has 0 aliphatic carbocycles. The minimum absolute atomic E-state index is 0.317. The first-order chi connectivity index (χ1) is 14.2. The zero-order valence-electron chi connectivity index (χ0n) is 18.2. The van der Waals surface area contributed by atoms with Crippen molar-refractivity contribution in [3.05, 3.63) is 47.7 Å². The monoisotopic (exact) mass is 428 g/mol. The van der Waals surface area contributed by atoms with Gasteiger partial charge in [-0.1, -0.05) is 12.1 Å². The number of methoxy groups -OCH3 is 1. The number of imidazole rings is 1. The van der Waals surface area contributed by atoms with E-state index in [0.29, 0.717) is 17.7 Å². The van der Waals surface area contributed by atoms with E-state index in [1.807, 2.05) is 61.2 Å². The van der Waals surface area contributed by atoms with Crippen LogP contribution in [0.4, 0.5) is 9.93 Å². The maximum Gasteiger partial charge on any atom is 0.416 e. The zero-order valence-corrected chi connectivity index (χ0v) is 19.1. The number of nitrogens with zero attached hydrogens (tertiary/aromatic N) is 4. The molecule has 3 aromatic rings. The Morgan fingerprint density at radius 3 is 2.47 bits per heavy atom. The van der Waals surface area contributed by atoms with E-state index in [1.54, 1.807) is 18.3 Å². The molecule has 160 valence electrons. The lowest BCUT2D eigenvalue weighted by Gasteiger charge is -2.26. The first-order valence-electron chi connectivity index (χ1n) is 9.79. The van der Waals surface area contributed by atoms with Crippen LogP contribution in [-0.2, 0) is 11.3 Å². The van der Waals surface area contributed by atoms with E-state index in [4.69, 9.17) is 9.47 Å². The van der Waals surface area contributed by atoms with Crippen LogP contribution in [0.25, 0.3) is 11.4 Å². The van der Waals surface area contributed by atoms with Crippen molar-refractivity contribution in [2.45, 2.75) is 52.8 Å². The van der Waals surface area contributed by atoms with E-state index in [0.717, 1.165) is 22.7 Å². The highest BCUT2D eigenvalue weighted by atomic mass is 32.1. The van der Waals surface area contributed by atoms with Crippen LogP contribution >= 0.6 is 11.3 Å². The van der Waals surface area contributed by atoms with Crippen LogP contribution in [0, 0.1) is 0 Å². The van der Waals surface area contributed by atoms with E-state index in [2.05, 4.69) is 23.8 Å². The molecular weight excluding hydrogens is 400 g/mol. The van der Waals surface area contributed by atoms with E-state index in [1.165, 1.54) is 11.3 Å². The Hall–Kier alpha value is -2.87. The number of anilines is 1. The Balaban J connectivity index is 1.88. The molecule has 0 aliphatic heterocycles. The number of benzene rings is 1. The largest absolute Gasteiger partial charge is 0.497 e. The van der Waals surface area contributed by atoms with Crippen molar-refractivity contribution < 1.29 is 14.3 Å². The number of hydrogen-bond acceptors (Lipinski definition) is 6. The summed E-state index contributed by atoms with van der Waals surface area (Å²) >= 11 is 1.39. The third kappa shape index (κ3) is 5.38. The predicted molar refractivity (Wildman–Crippen MR) is 119 cm³/mol. The molecule has 1 aromatic carbocycles. The van der Waals surface area contributed by atoms with Crippen molar-refractivity contribution >= 4 is 22.6 Å². The Kier molecular flexibility index (Phi) is 6.45. The molecule has 0 N–H and O–H groups in total. The number of carbonyl (C=O) groups excluding carboxylic acids is 1. The fourth-order valence-electron chi connectivity index (χ4n) is 2.70. The standard InChI is InChI=1S/C22H28N4O3S/c1-15(2)25-12-18(23-14-25)19-13-30-20(24-19)26(21(27)29-22(3,4)5)11-16-7-9-17(28-6)10-8-16/h7-10,12-15H,11H2,1-6H3. The Labute approximate surface area is 181 Å². The third-order valence-corrected chi connectivity index (χ3v) is 5.16. The van der Waals surface area contributed by atoms with Gasteiger partial charge in [-0.25, -0.2) is 19.7 Å². The van der Waals surface area contributed by atoms with E-state index >= 15 is 0 Å². The highest BCUT2D eigenvalue weighted by Gasteiger charge is 2.26. The molecule has 0 spiro atoms. The molecule has 8 heteroatoms. The summed E-state index contributed by atoms with van der Waals surface area (Å²) < 4.78 is 12.9. The van der Waals surface area contributed by atoms with Crippen LogP contribution in [0.15, 0.2) is 42.2 Å². The second-order valence-corrected chi connectivity index (χ2v) is 9.07. The van der Waals surface area contributed by atoms with Gasteiger partial charge in [0.25, 0.3) is 0 Å². The number of amides is 1. The van der Waals surface area contributed by atoms with E-state index < -0.39 is 11.7 Å². The highest BCUT2D eigenvalue weighted by Crippen LogP contribution is 2.29. The summed E-state index contributed by atoms with van der Waals surface area (Å²) in [5.41, 5.74) is 1.85. The average molecular weight is 429 g/mol. The molecule has 2 aromatic heterocycles. The molecule has 0 radical (unpaired) electrons. The molecule has 30 heavy (non-hydrogen) atoms. The third-order valence-electron chi connectivity index (χ3n) is 4.30. The lowest BCUT2D eigenvalue weighted by Crippen LogP contribution is -2.36. The van der Waals surface area contributed by atoms with Gasteiger partial charge in [-0.05, 0) is 52.3 Å². The van der Waals surface area contributed by atoms with Gasteiger partial charge in [0.1, 0.15) is 22.7 Å². The zero-order chi connectivity index (χ0) is 21.9.